The van der Waals surface area contributed by atoms with Crippen LogP contribution in [0.5, 0.6) is 0 Å². The van der Waals surface area contributed by atoms with Crippen molar-refractivity contribution in [2.24, 2.45) is 7.05 Å². The summed E-state index contributed by atoms with van der Waals surface area (Å²) < 4.78 is 24.4. The summed E-state index contributed by atoms with van der Waals surface area (Å²) >= 11 is 0. The Labute approximate surface area is 117 Å². The van der Waals surface area contributed by atoms with Crippen LogP contribution in [-0.2, 0) is 23.4 Å². The van der Waals surface area contributed by atoms with E-state index in [2.05, 4.69) is 5.32 Å². The van der Waals surface area contributed by atoms with E-state index in [1.807, 2.05) is 6.92 Å². The molecule has 0 spiro atoms. The van der Waals surface area contributed by atoms with Crippen molar-refractivity contribution in [2.45, 2.75) is 19.9 Å². The zero-order valence-electron chi connectivity index (χ0n) is 11.8. The Kier molecular flexibility index (Phi) is 4.98. The van der Waals surface area contributed by atoms with Crippen molar-refractivity contribution in [1.29, 1.82) is 0 Å². The summed E-state index contributed by atoms with van der Waals surface area (Å²) in [6.45, 7) is 2.33. The Morgan fingerprint density at radius 1 is 1.30 bits per heavy atom. The minimum absolute atomic E-state index is 0.0356. The lowest BCUT2D eigenvalue weighted by atomic mass is 10.4. The number of nitrogens with one attached hydrogen (secondary N) is 1. The molecule has 0 atom stereocenters. The van der Waals surface area contributed by atoms with Crippen LogP contribution in [0.3, 0.4) is 0 Å². The van der Waals surface area contributed by atoms with Gasteiger partial charge in [0.1, 0.15) is 21.3 Å². The van der Waals surface area contributed by atoms with Crippen LogP contribution in [0.15, 0.2) is 9.59 Å². The minimum Gasteiger partial charge on any atom is -0.383 e. The summed E-state index contributed by atoms with van der Waals surface area (Å²) in [5, 5.41) is 2.71. The number of nitrogens with zero attached hydrogens (tertiary/aromatic N) is 2. The number of aromatic nitrogens is 2. The standard InChI is InChI=1S/C11H20N4O4S/c1-4-6-15-9(12)8(10(16)14(2)11(15)17)13-5-7-20(3,18)19/h13H,4-7,12H2,1-3H3. The molecule has 0 saturated heterocycles. The van der Waals surface area contributed by atoms with Crippen LogP contribution in [0.25, 0.3) is 0 Å². The Balaban J connectivity index is 3.19. The molecule has 0 bridgehead atoms. The Hall–Kier alpha value is -1.77. The van der Waals surface area contributed by atoms with Crippen molar-refractivity contribution in [3.63, 3.8) is 0 Å². The number of anilines is 2. The Bertz CT molecular complexity index is 702. The quantitative estimate of drug-likeness (QED) is 0.696. The van der Waals surface area contributed by atoms with E-state index < -0.39 is 21.1 Å². The topological polar surface area (TPSA) is 116 Å². The molecule has 0 aliphatic rings. The highest BCUT2D eigenvalue weighted by molar-refractivity contribution is 7.90. The second-order valence-electron chi connectivity index (χ2n) is 4.62. The maximum atomic E-state index is 12.0. The van der Waals surface area contributed by atoms with E-state index in [-0.39, 0.29) is 23.8 Å². The van der Waals surface area contributed by atoms with E-state index in [9.17, 15) is 18.0 Å². The third kappa shape index (κ3) is 3.62. The maximum Gasteiger partial charge on any atom is 0.332 e. The molecule has 3 N–H and O–H groups in total. The average molecular weight is 304 g/mol. The van der Waals surface area contributed by atoms with Crippen LogP contribution in [0.2, 0.25) is 0 Å². The number of rotatable bonds is 6. The molecule has 9 heteroatoms. The molecule has 20 heavy (non-hydrogen) atoms. The number of sulfone groups is 1. The molecular formula is C11H20N4O4S. The molecule has 0 fully saturated rings. The normalized spacial score (nSPS) is 11.6. The van der Waals surface area contributed by atoms with Gasteiger partial charge in [-0.25, -0.2) is 13.2 Å². The lowest BCUT2D eigenvalue weighted by Crippen LogP contribution is -2.41. The van der Waals surface area contributed by atoms with E-state index in [0.717, 1.165) is 10.8 Å². The zero-order chi connectivity index (χ0) is 15.5. The molecular weight excluding hydrogens is 284 g/mol. The fourth-order valence-electron chi connectivity index (χ4n) is 1.75. The number of nitrogens with two attached hydrogens (primary N) is 1. The summed E-state index contributed by atoms with van der Waals surface area (Å²) in [5.74, 6) is -0.0869. The fourth-order valence-corrected chi connectivity index (χ4v) is 2.22. The molecule has 114 valence electrons. The van der Waals surface area contributed by atoms with E-state index in [1.54, 1.807) is 0 Å². The van der Waals surface area contributed by atoms with Gasteiger partial charge in [-0.05, 0) is 6.42 Å². The third-order valence-corrected chi connectivity index (χ3v) is 3.75. The first-order valence-corrected chi connectivity index (χ1v) is 8.26. The van der Waals surface area contributed by atoms with Crippen molar-refractivity contribution in [1.82, 2.24) is 9.13 Å². The molecule has 0 unspecified atom stereocenters. The smallest absolute Gasteiger partial charge is 0.332 e. The molecule has 0 radical (unpaired) electrons. The van der Waals surface area contributed by atoms with Gasteiger partial charge < -0.3 is 11.1 Å². The van der Waals surface area contributed by atoms with E-state index in [4.69, 9.17) is 5.73 Å². The Morgan fingerprint density at radius 3 is 2.40 bits per heavy atom. The lowest BCUT2D eigenvalue weighted by molar-refractivity contribution is 0.599. The van der Waals surface area contributed by atoms with Crippen molar-refractivity contribution >= 4 is 21.3 Å². The van der Waals surface area contributed by atoms with Gasteiger partial charge in [-0.1, -0.05) is 6.92 Å². The summed E-state index contributed by atoms with van der Waals surface area (Å²) in [6, 6.07) is 0. The molecule has 0 saturated carbocycles. The predicted octanol–water partition coefficient (Wildman–Crippen LogP) is -1.00. The highest BCUT2D eigenvalue weighted by atomic mass is 32.2. The second kappa shape index (κ2) is 6.12. The van der Waals surface area contributed by atoms with Gasteiger partial charge >= 0.3 is 5.69 Å². The Morgan fingerprint density at radius 2 is 1.90 bits per heavy atom. The van der Waals surface area contributed by atoms with Gasteiger partial charge in [0.05, 0.1) is 5.75 Å². The molecule has 8 nitrogen and oxygen atoms in total. The van der Waals surface area contributed by atoms with E-state index in [0.29, 0.717) is 13.0 Å². The first-order chi connectivity index (χ1) is 9.19. The molecule has 0 aliphatic carbocycles. The number of hydrogen-bond donors (Lipinski definition) is 2. The van der Waals surface area contributed by atoms with Crippen molar-refractivity contribution in [3.05, 3.63) is 20.8 Å². The van der Waals surface area contributed by atoms with Crippen LogP contribution in [-0.4, -0.2) is 36.1 Å². The summed E-state index contributed by atoms with van der Waals surface area (Å²) in [4.78, 5) is 23.9. The zero-order valence-corrected chi connectivity index (χ0v) is 12.7. The largest absolute Gasteiger partial charge is 0.383 e. The summed E-state index contributed by atoms with van der Waals surface area (Å²) in [5.41, 5.74) is 4.84. The molecule has 1 aromatic rings. The van der Waals surface area contributed by atoms with Crippen LogP contribution in [0, 0.1) is 0 Å². The molecule has 1 aromatic heterocycles. The highest BCUT2D eigenvalue weighted by Crippen LogP contribution is 2.10. The van der Waals surface area contributed by atoms with E-state index >= 15 is 0 Å². The third-order valence-electron chi connectivity index (χ3n) is 2.81. The summed E-state index contributed by atoms with van der Waals surface area (Å²) in [7, 11) is -1.78. The number of nitrogen functional groups attached to an aromatic ring is 1. The molecule has 0 aromatic carbocycles. The van der Waals surface area contributed by atoms with Gasteiger partial charge in [-0.15, -0.1) is 0 Å². The van der Waals surface area contributed by atoms with Gasteiger partial charge in [-0.3, -0.25) is 13.9 Å². The average Bonchev–Trinajstić information content (AvgIpc) is 2.35. The lowest BCUT2D eigenvalue weighted by Gasteiger charge is -2.15. The van der Waals surface area contributed by atoms with Gasteiger partial charge in [-0.2, -0.15) is 0 Å². The molecule has 0 amide bonds. The van der Waals surface area contributed by atoms with E-state index in [1.165, 1.54) is 11.6 Å². The monoisotopic (exact) mass is 304 g/mol. The predicted molar refractivity (Wildman–Crippen MR) is 78.8 cm³/mol. The molecule has 1 heterocycles. The van der Waals surface area contributed by atoms with Gasteiger partial charge in [0.2, 0.25) is 0 Å². The van der Waals surface area contributed by atoms with Crippen LogP contribution in [0.1, 0.15) is 13.3 Å². The number of hydrogen-bond acceptors (Lipinski definition) is 6. The van der Waals surface area contributed by atoms with Crippen LogP contribution >= 0.6 is 0 Å². The van der Waals surface area contributed by atoms with Crippen molar-refractivity contribution in [2.75, 3.05) is 29.6 Å². The SMILES string of the molecule is CCCn1c(N)c(NCCS(C)(=O)=O)c(=O)n(C)c1=O. The van der Waals surface area contributed by atoms with Crippen LogP contribution < -0.4 is 22.3 Å². The summed E-state index contributed by atoms with van der Waals surface area (Å²) in [6.07, 6.45) is 1.79. The second-order valence-corrected chi connectivity index (χ2v) is 6.88. The van der Waals surface area contributed by atoms with Crippen molar-refractivity contribution < 1.29 is 8.42 Å². The molecule has 0 aliphatic heterocycles. The first-order valence-electron chi connectivity index (χ1n) is 6.20. The fraction of sp³-hybridized carbons (Fsp3) is 0.636. The van der Waals surface area contributed by atoms with Gasteiger partial charge in [0.15, 0.2) is 0 Å². The van der Waals surface area contributed by atoms with Crippen molar-refractivity contribution in [3.8, 4) is 0 Å². The highest BCUT2D eigenvalue weighted by Gasteiger charge is 2.15. The maximum absolute atomic E-state index is 12.0. The molecule has 1 rings (SSSR count). The van der Waals surface area contributed by atoms with Gasteiger partial charge in [0.25, 0.3) is 5.56 Å². The first kappa shape index (κ1) is 16.3. The minimum atomic E-state index is -3.14. The van der Waals surface area contributed by atoms with Crippen LogP contribution in [0.4, 0.5) is 11.5 Å². The van der Waals surface area contributed by atoms with Gasteiger partial charge in [0, 0.05) is 26.4 Å².